The Labute approximate surface area is 148 Å². The van der Waals surface area contributed by atoms with Gasteiger partial charge in [-0.25, -0.2) is 4.79 Å². The van der Waals surface area contributed by atoms with Gasteiger partial charge in [0.2, 0.25) is 0 Å². The third-order valence-corrected chi connectivity index (χ3v) is 5.37. The Morgan fingerprint density at radius 2 is 2.04 bits per heavy atom. The maximum Gasteiger partial charge on any atom is 0.343 e. The van der Waals surface area contributed by atoms with Crippen LogP contribution in [0.2, 0.25) is 0 Å². The molecule has 130 valence electrons. The Morgan fingerprint density at radius 1 is 1.25 bits per heavy atom. The van der Waals surface area contributed by atoms with E-state index in [0.717, 1.165) is 30.6 Å². The van der Waals surface area contributed by atoms with Crippen LogP contribution in [0.5, 0.6) is 5.75 Å². The van der Waals surface area contributed by atoms with Crippen molar-refractivity contribution < 1.29 is 14.3 Å². The summed E-state index contributed by atoms with van der Waals surface area (Å²) in [5.74, 6) is 0.921. The molecule has 4 heteroatoms. The summed E-state index contributed by atoms with van der Waals surface area (Å²) in [6.07, 6.45) is 3.39. The van der Waals surface area contributed by atoms with Gasteiger partial charge in [-0.1, -0.05) is 19.1 Å². The van der Waals surface area contributed by atoms with Crippen LogP contribution < -0.4 is 4.74 Å². The number of esters is 1. The van der Waals surface area contributed by atoms with Gasteiger partial charge in [-0.05, 0) is 73.2 Å². The number of methoxy groups -OCH3 is 1. The van der Waals surface area contributed by atoms with E-state index in [1.54, 1.807) is 0 Å². The van der Waals surface area contributed by atoms with Crippen LogP contribution >= 0.6 is 11.3 Å². The summed E-state index contributed by atoms with van der Waals surface area (Å²) in [6.45, 7) is 6.35. The number of ether oxygens (including phenoxy) is 2. The minimum Gasteiger partial charge on any atom is -0.482 e. The SMILES string of the molecule is CCC(CCc1cc(C)cs1)c1ccc(OCC(=O)OC)c(C)c1. The van der Waals surface area contributed by atoms with Crippen LogP contribution in [0.15, 0.2) is 29.6 Å². The van der Waals surface area contributed by atoms with E-state index in [4.69, 9.17) is 4.74 Å². The van der Waals surface area contributed by atoms with Crippen molar-refractivity contribution in [1.29, 1.82) is 0 Å². The van der Waals surface area contributed by atoms with Crippen molar-refractivity contribution in [2.75, 3.05) is 13.7 Å². The second kappa shape index (κ2) is 8.88. The molecule has 24 heavy (non-hydrogen) atoms. The van der Waals surface area contributed by atoms with E-state index in [1.807, 2.05) is 24.3 Å². The van der Waals surface area contributed by atoms with Crippen LogP contribution in [-0.2, 0) is 16.0 Å². The highest BCUT2D eigenvalue weighted by Crippen LogP contribution is 2.30. The van der Waals surface area contributed by atoms with E-state index >= 15 is 0 Å². The first-order valence-corrected chi connectivity index (χ1v) is 9.25. The molecule has 0 fully saturated rings. The maximum atomic E-state index is 11.2. The first-order valence-electron chi connectivity index (χ1n) is 8.37. The lowest BCUT2D eigenvalue weighted by Gasteiger charge is -2.17. The van der Waals surface area contributed by atoms with Crippen LogP contribution in [-0.4, -0.2) is 19.7 Å². The number of aryl methyl sites for hydroxylation is 3. The molecule has 2 rings (SSSR count). The predicted molar refractivity (Wildman–Crippen MR) is 99.1 cm³/mol. The van der Waals surface area contributed by atoms with E-state index < -0.39 is 0 Å². The van der Waals surface area contributed by atoms with Crippen molar-refractivity contribution in [2.45, 2.75) is 46.0 Å². The lowest BCUT2D eigenvalue weighted by Crippen LogP contribution is -2.13. The van der Waals surface area contributed by atoms with Crippen molar-refractivity contribution in [3.63, 3.8) is 0 Å². The third kappa shape index (κ3) is 5.10. The standard InChI is InChI=1S/C20H26O3S/c1-5-16(6-8-18-10-14(2)13-24-18)17-7-9-19(15(3)11-17)23-12-20(21)22-4/h7,9-11,13,16H,5-6,8,12H2,1-4H3. The Morgan fingerprint density at radius 3 is 2.62 bits per heavy atom. The first kappa shape index (κ1) is 18.5. The number of carbonyl (C=O) groups is 1. The molecular formula is C20H26O3S. The summed E-state index contributed by atoms with van der Waals surface area (Å²) in [4.78, 5) is 12.7. The minimum atomic E-state index is -0.365. The Bertz CT molecular complexity index is 675. The lowest BCUT2D eigenvalue weighted by molar-refractivity contribution is -0.142. The van der Waals surface area contributed by atoms with Crippen LogP contribution in [0, 0.1) is 13.8 Å². The molecule has 0 bridgehead atoms. The van der Waals surface area contributed by atoms with Gasteiger partial charge in [0.15, 0.2) is 6.61 Å². The fraction of sp³-hybridized carbons (Fsp3) is 0.450. The monoisotopic (exact) mass is 346 g/mol. The summed E-state index contributed by atoms with van der Waals surface area (Å²) < 4.78 is 10.1. The molecule has 0 radical (unpaired) electrons. The molecule has 1 aromatic heterocycles. The predicted octanol–water partition coefficient (Wildman–Crippen LogP) is 5.04. The van der Waals surface area contributed by atoms with Gasteiger partial charge in [-0.3, -0.25) is 0 Å². The molecular weight excluding hydrogens is 320 g/mol. The highest BCUT2D eigenvalue weighted by atomic mass is 32.1. The van der Waals surface area contributed by atoms with Gasteiger partial charge < -0.3 is 9.47 Å². The van der Waals surface area contributed by atoms with Gasteiger partial charge >= 0.3 is 5.97 Å². The van der Waals surface area contributed by atoms with E-state index in [-0.39, 0.29) is 12.6 Å². The highest BCUT2D eigenvalue weighted by molar-refractivity contribution is 7.10. The largest absolute Gasteiger partial charge is 0.482 e. The van der Waals surface area contributed by atoms with E-state index in [1.165, 1.54) is 23.1 Å². The van der Waals surface area contributed by atoms with E-state index in [0.29, 0.717) is 5.92 Å². The van der Waals surface area contributed by atoms with Crippen LogP contribution in [0.1, 0.15) is 47.3 Å². The zero-order valence-corrected chi connectivity index (χ0v) is 15.7. The molecule has 1 heterocycles. The van der Waals surface area contributed by atoms with Crippen molar-refractivity contribution >= 4 is 17.3 Å². The molecule has 0 spiro atoms. The van der Waals surface area contributed by atoms with Crippen LogP contribution in [0.3, 0.4) is 0 Å². The van der Waals surface area contributed by atoms with Gasteiger partial charge in [-0.15, -0.1) is 11.3 Å². The molecule has 1 unspecified atom stereocenters. The lowest BCUT2D eigenvalue weighted by atomic mass is 9.90. The zero-order chi connectivity index (χ0) is 17.5. The van der Waals surface area contributed by atoms with Gasteiger partial charge in [-0.2, -0.15) is 0 Å². The molecule has 0 saturated carbocycles. The van der Waals surface area contributed by atoms with Crippen molar-refractivity contribution in [1.82, 2.24) is 0 Å². The molecule has 0 aliphatic rings. The molecule has 0 saturated heterocycles. The number of hydrogen-bond donors (Lipinski definition) is 0. The van der Waals surface area contributed by atoms with E-state index in [9.17, 15) is 4.79 Å². The quantitative estimate of drug-likeness (QED) is 0.628. The Balaban J connectivity index is 2.00. The van der Waals surface area contributed by atoms with Gasteiger partial charge in [0.1, 0.15) is 5.75 Å². The Hall–Kier alpha value is -1.81. The first-order chi connectivity index (χ1) is 11.5. The summed E-state index contributed by atoms with van der Waals surface area (Å²) in [6, 6.07) is 8.55. The summed E-state index contributed by atoms with van der Waals surface area (Å²) in [7, 11) is 1.36. The molecule has 0 amide bonds. The van der Waals surface area contributed by atoms with Gasteiger partial charge in [0.05, 0.1) is 7.11 Å². The van der Waals surface area contributed by atoms with Crippen LogP contribution in [0.25, 0.3) is 0 Å². The minimum absolute atomic E-state index is 0.0500. The molecule has 3 nitrogen and oxygen atoms in total. The fourth-order valence-corrected chi connectivity index (χ4v) is 3.72. The molecule has 0 N–H and O–H groups in total. The summed E-state index contributed by atoms with van der Waals surface area (Å²) in [5.41, 5.74) is 3.75. The number of benzene rings is 1. The normalized spacial score (nSPS) is 12.0. The van der Waals surface area contributed by atoms with Crippen molar-refractivity contribution in [3.05, 3.63) is 51.2 Å². The fourth-order valence-electron chi connectivity index (χ4n) is 2.83. The smallest absolute Gasteiger partial charge is 0.343 e. The highest BCUT2D eigenvalue weighted by Gasteiger charge is 2.13. The average Bonchev–Trinajstić information content (AvgIpc) is 2.99. The molecule has 0 aliphatic heterocycles. The summed E-state index contributed by atoms with van der Waals surface area (Å²) >= 11 is 1.85. The number of hydrogen-bond acceptors (Lipinski definition) is 4. The second-order valence-electron chi connectivity index (χ2n) is 6.12. The third-order valence-electron chi connectivity index (χ3n) is 4.26. The van der Waals surface area contributed by atoms with Crippen molar-refractivity contribution in [2.24, 2.45) is 0 Å². The number of rotatable bonds is 8. The van der Waals surface area contributed by atoms with Crippen LogP contribution in [0.4, 0.5) is 0 Å². The number of carbonyl (C=O) groups excluding carboxylic acids is 1. The van der Waals surface area contributed by atoms with Crippen molar-refractivity contribution in [3.8, 4) is 5.75 Å². The molecule has 2 aromatic rings. The maximum absolute atomic E-state index is 11.2. The van der Waals surface area contributed by atoms with Gasteiger partial charge in [0, 0.05) is 4.88 Å². The number of thiophene rings is 1. The van der Waals surface area contributed by atoms with Gasteiger partial charge in [0.25, 0.3) is 0 Å². The Kier molecular flexibility index (Phi) is 6.85. The second-order valence-corrected chi connectivity index (χ2v) is 7.12. The summed E-state index contributed by atoms with van der Waals surface area (Å²) in [5, 5.41) is 2.22. The molecule has 0 aliphatic carbocycles. The molecule has 1 aromatic carbocycles. The van der Waals surface area contributed by atoms with E-state index in [2.05, 4.69) is 42.2 Å². The average molecular weight is 346 g/mol. The zero-order valence-electron chi connectivity index (χ0n) is 14.9. The molecule has 1 atom stereocenters. The topological polar surface area (TPSA) is 35.5 Å².